The minimum atomic E-state index is -4.75. The summed E-state index contributed by atoms with van der Waals surface area (Å²) >= 11 is 0. The predicted molar refractivity (Wildman–Crippen MR) is 212 cm³/mol. The molecule has 0 amide bonds. The van der Waals surface area contributed by atoms with Crippen LogP contribution in [0.5, 0.6) is 0 Å². The van der Waals surface area contributed by atoms with E-state index in [1.54, 1.807) is 0 Å². The van der Waals surface area contributed by atoms with Crippen LogP contribution in [0, 0.1) is 0 Å². The Hall–Kier alpha value is -1.21. The second-order valence-corrected chi connectivity index (χ2v) is 15.9. The van der Waals surface area contributed by atoms with Crippen molar-refractivity contribution in [3.8, 4) is 0 Å². The fourth-order valence-electron chi connectivity index (χ4n) is 6.31. The summed E-state index contributed by atoms with van der Waals surface area (Å²) in [5.41, 5.74) is 0. The lowest BCUT2D eigenvalue weighted by Gasteiger charge is -2.18. The highest BCUT2D eigenvalue weighted by Gasteiger charge is 2.22. The SMILES string of the molecule is CCCCCCCC/C=C\CCCCCCCCCC(=O)OC(COC(=O)CCCCCCCCCCCCCCCCCC)COP(=O)(O)O. The summed E-state index contributed by atoms with van der Waals surface area (Å²) in [4.78, 5) is 42.9. The molecule has 0 heterocycles. The van der Waals surface area contributed by atoms with Crippen molar-refractivity contribution in [3.63, 3.8) is 0 Å². The third-order valence-corrected chi connectivity index (χ3v) is 10.0. The molecule has 1 unspecified atom stereocenters. The van der Waals surface area contributed by atoms with E-state index >= 15 is 0 Å². The smallest absolute Gasteiger partial charge is 0.462 e. The molecular formula is C42H81O8P. The summed E-state index contributed by atoms with van der Waals surface area (Å²) in [6, 6.07) is 0. The number of allylic oxidation sites excluding steroid dienone is 2. The summed E-state index contributed by atoms with van der Waals surface area (Å²) in [6.07, 6.45) is 42.1. The minimum absolute atomic E-state index is 0.211. The van der Waals surface area contributed by atoms with Gasteiger partial charge in [-0.05, 0) is 38.5 Å². The van der Waals surface area contributed by atoms with Gasteiger partial charge in [0.05, 0.1) is 6.61 Å². The topological polar surface area (TPSA) is 119 Å². The number of unbranched alkanes of at least 4 members (excludes halogenated alkanes) is 28. The number of esters is 2. The number of phosphoric acid groups is 1. The number of rotatable bonds is 40. The van der Waals surface area contributed by atoms with Crippen LogP contribution in [-0.2, 0) is 28.2 Å². The van der Waals surface area contributed by atoms with Crippen LogP contribution in [0.2, 0.25) is 0 Å². The molecule has 0 spiro atoms. The van der Waals surface area contributed by atoms with Gasteiger partial charge in [-0.2, -0.15) is 0 Å². The first-order chi connectivity index (χ1) is 24.8. The first kappa shape index (κ1) is 49.8. The van der Waals surface area contributed by atoms with Crippen molar-refractivity contribution >= 4 is 19.8 Å². The average Bonchev–Trinajstić information content (AvgIpc) is 3.10. The molecule has 0 aliphatic heterocycles. The van der Waals surface area contributed by atoms with Gasteiger partial charge in [0.1, 0.15) is 6.61 Å². The normalized spacial score (nSPS) is 12.5. The molecule has 0 aromatic carbocycles. The zero-order valence-corrected chi connectivity index (χ0v) is 34.2. The molecule has 302 valence electrons. The van der Waals surface area contributed by atoms with Gasteiger partial charge >= 0.3 is 19.8 Å². The Morgan fingerprint density at radius 2 is 0.824 bits per heavy atom. The summed E-state index contributed by atoms with van der Waals surface area (Å²) in [5.74, 6) is -0.877. The Balaban J connectivity index is 3.88. The highest BCUT2D eigenvalue weighted by Crippen LogP contribution is 2.36. The molecule has 0 saturated heterocycles. The molecule has 0 aromatic rings. The number of phosphoric ester groups is 1. The molecule has 0 aromatic heterocycles. The van der Waals surface area contributed by atoms with Crippen molar-refractivity contribution in [2.24, 2.45) is 0 Å². The van der Waals surface area contributed by atoms with E-state index in [0.717, 1.165) is 44.9 Å². The second kappa shape index (κ2) is 38.5. The van der Waals surface area contributed by atoms with Crippen LogP contribution < -0.4 is 0 Å². The number of carbonyl (C=O) groups excluding carboxylic acids is 2. The lowest BCUT2D eigenvalue weighted by atomic mass is 10.0. The maximum Gasteiger partial charge on any atom is 0.469 e. The lowest BCUT2D eigenvalue weighted by molar-refractivity contribution is -0.161. The molecule has 2 N–H and O–H groups in total. The van der Waals surface area contributed by atoms with Crippen LogP contribution in [0.25, 0.3) is 0 Å². The maximum atomic E-state index is 12.4. The standard InChI is InChI=1S/C42H81O8P/c1-3-5-7-9-11-13-15-17-19-21-23-25-27-29-31-33-35-37-42(44)50-40(39-49-51(45,46)47)38-48-41(43)36-34-32-30-28-26-24-22-20-18-16-14-12-10-8-6-4-2/h17,19,40H,3-16,18,20-39H2,1-2H3,(H2,45,46,47)/b19-17-. The van der Waals surface area contributed by atoms with E-state index in [-0.39, 0.29) is 19.4 Å². The number of carbonyl (C=O) groups is 2. The van der Waals surface area contributed by atoms with Crippen LogP contribution in [0.15, 0.2) is 12.2 Å². The Bertz CT molecular complexity index is 843. The molecule has 9 heteroatoms. The Kier molecular flexibility index (Phi) is 37.6. The molecule has 0 fully saturated rings. The van der Waals surface area contributed by atoms with Crippen LogP contribution in [0.3, 0.4) is 0 Å². The van der Waals surface area contributed by atoms with Gasteiger partial charge in [0.25, 0.3) is 0 Å². The molecule has 0 radical (unpaired) electrons. The van der Waals surface area contributed by atoms with Gasteiger partial charge in [-0.3, -0.25) is 14.1 Å². The molecular weight excluding hydrogens is 663 g/mol. The van der Waals surface area contributed by atoms with Gasteiger partial charge in [0.15, 0.2) is 6.10 Å². The molecule has 0 rings (SSSR count). The molecule has 0 saturated carbocycles. The summed E-state index contributed by atoms with van der Waals surface area (Å²) < 4.78 is 26.4. The van der Waals surface area contributed by atoms with Crippen LogP contribution in [-0.4, -0.2) is 41.0 Å². The molecule has 1 atom stereocenters. The van der Waals surface area contributed by atoms with Crippen molar-refractivity contribution < 1.29 is 37.9 Å². The van der Waals surface area contributed by atoms with Gasteiger partial charge < -0.3 is 19.3 Å². The van der Waals surface area contributed by atoms with Crippen molar-refractivity contribution in [1.82, 2.24) is 0 Å². The van der Waals surface area contributed by atoms with Crippen molar-refractivity contribution in [1.29, 1.82) is 0 Å². The molecule has 0 bridgehead atoms. The van der Waals surface area contributed by atoms with E-state index in [2.05, 4.69) is 30.5 Å². The van der Waals surface area contributed by atoms with E-state index in [0.29, 0.717) is 6.42 Å². The van der Waals surface area contributed by atoms with Gasteiger partial charge in [0, 0.05) is 12.8 Å². The second-order valence-electron chi connectivity index (χ2n) is 14.7. The van der Waals surface area contributed by atoms with Crippen molar-refractivity contribution in [2.45, 2.75) is 232 Å². The monoisotopic (exact) mass is 745 g/mol. The summed E-state index contributed by atoms with van der Waals surface area (Å²) in [5, 5.41) is 0. The third kappa shape index (κ3) is 41.4. The third-order valence-electron chi connectivity index (χ3n) is 9.53. The van der Waals surface area contributed by atoms with E-state index in [1.165, 1.54) is 148 Å². The van der Waals surface area contributed by atoms with Gasteiger partial charge in [-0.15, -0.1) is 0 Å². The van der Waals surface area contributed by atoms with Crippen LogP contribution >= 0.6 is 7.82 Å². The Morgan fingerprint density at radius 3 is 1.20 bits per heavy atom. The predicted octanol–water partition coefficient (Wildman–Crippen LogP) is 13.0. The Labute approximate surface area is 314 Å². The summed E-state index contributed by atoms with van der Waals surface area (Å²) in [6.45, 7) is 3.70. The number of hydrogen-bond acceptors (Lipinski definition) is 6. The molecule has 51 heavy (non-hydrogen) atoms. The highest BCUT2D eigenvalue weighted by molar-refractivity contribution is 7.46. The van der Waals surface area contributed by atoms with E-state index in [4.69, 9.17) is 19.3 Å². The van der Waals surface area contributed by atoms with Gasteiger partial charge in [-0.1, -0.05) is 187 Å². The van der Waals surface area contributed by atoms with Crippen molar-refractivity contribution in [3.05, 3.63) is 12.2 Å². The zero-order chi connectivity index (χ0) is 37.5. The minimum Gasteiger partial charge on any atom is -0.462 e. The average molecular weight is 745 g/mol. The van der Waals surface area contributed by atoms with E-state index in [1.807, 2.05) is 0 Å². The number of hydrogen-bond donors (Lipinski definition) is 2. The fraction of sp³-hybridized carbons (Fsp3) is 0.905. The fourth-order valence-corrected chi connectivity index (χ4v) is 6.67. The van der Waals surface area contributed by atoms with Crippen LogP contribution in [0.1, 0.15) is 226 Å². The van der Waals surface area contributed by atoms with Crippen molar-refractivity contribution in [2.75, 3.05) is 13.2 Å². The number of ether oxygens (including phenoxy) is 2. The Morgan fingerprint density at radius 1 is 0.490 bits per heavy atom. The zero-order valence-electron chi connectivity index (χ0n) is 33.3. The maximum absolute atomic E-state index is 12.4. The van der Waals surface area contributed by atoms with E-state index < -0.39 is 32.5 Å². The van der Waals surface area contributed by atoms with Gasteiger partial charge in [-0.25, -0.2) is 4.57 Å². The first-order valence-corrected chi connectivity index (χ1v) is 23.0. The molecule has 0 aliphatic rings. The van der Waals surface area contributed by atoms with E-state index in [9.17, 15) is 14.2 Å². The molecule has 0 aliphatic carbocycles. The van der Waals surface area contributed by atoms with Gasteiger partial charge in [0.2, 0.25) is 0 Å². The largest absolute Gasteiger partial charge is 0.469 e. The quantitative estimate of drug-likeness (QED) is 0.0275. The summed E-state index contributed by atoms with van der Waals surface area (Å²) in [7, 11) is -4.75. The lowest BCUT2D eigenvalue weighted by Crippen LogP contribution is -2.29. The first-order valence-electron chi connectivity index (χ1n) is 21.5. The highest BCUT2D eigenvalue weighted by atomic mass is 31.2. The molecule has 8 nitrogen and oxygen atoms in total. The van der Waals surface area contributed by atoms with Crippen LogP contribution in [0.4, 0.5) is 0 Å².